The predicted molar refractivity (Wildman–Crippen MR) is 88.3 cm³/mol. The van der Waals surface area contributed by atoms with Crippen LogP contribution in [0.1, 0.15) is 5.56 Å². The SMILES string of the molecule is Fc1cc(Cl)c(NCc2ccc(Br)c(Br)c2)c(Br)c1. The lowest BCUT2D eigenvalue weighted by molar-refractivity contribution is 0.627. The predicted octanol–water partition coefficient (Wildman–Crippen LogP) is 6.38. The lowest BCUT2D eigenvalue weighted by Crippen LogP contribution is -2.01. The molecule has 0 aliphatic heterocycles. The number of hydrogen-bond acceptors (Lipinski definition) is 1. The Morgan fingerprint density at radius 2 is 1.74 bits per heavy atom. The van der Waals surface area contributed by atoms with Gasteiger partial charge in [-0.05, 0) is 77.6 Å². The fourth-order valence-electron chi connectivity index (χ4n) is 1.55. The van der Waals surface area contributed by atoms with Gasteiger partial charge in [-0.2, -0.15) is 0 Å². The highest BCUT2D eigenvalue weighted by Gasteiger charge is 2.08. The van der Waals surface area contributed by atoms with Gasteiger partial charge in [-0.15, -0.1) is 0 Å². The summed E-state index contributed by atoms with van der Waals surface area (Å²) in [4.78, 5) is 0. The van der Waals surface area contributed by atoms with Crippen molar-refractivity contribution in [3.05, 3.63) is 60.2 Å². The highest BCUT2D eigenvalue weighted by molar-refractivity contribution is 9.13. The third kappa shape index (κ3) is 3.94. The number of rotatable bonds is 3. The van der Waals surface area contributed by atoms with E-state index in [9.17, 15) is 4.39 Å². The van der Waals surface area contributed by atoms with Crippen LogP contribution in [0.15, 0.2) is 43.7 Å². The van der Waals surface area contributed by atoms with Crippen molar-refractivity contribution in [1.82, 2.24) is 0 Å². The minimum Gasteiger partial charge on any atom is -0.379 e. The lowest BCUT2D eigenvalue weighted by atomic mass is 10.2. The van der Waals surface area contributed by atoms with Crippen LogP contribution in [0.4, 0.5) is 10.1 Å². The Bertz CT molecular complexity index is 596. The molecule has 0 aliphatic rings. The molecule has 0 saturated carbocycles. The molecule has 0 saturated heterocycles. The van der Waals surface area contributed by atoms with E-state index in [2.05, 4.69) is 53.1 Å². The smallest absolute Gasteiger partial charge is 0.125 e. The molecule has 2 aromatic carbocycles. The number of benzene rings is 2. The molecule has 19 heavy (non-hydrogen) atoms. The van der Waals surface area contributed by atoms with Crippen molar-refractivity contribution in [3.8, 4) is 0 Å². The average Bonchev–Trinajstić information content (AvgIpc) is 2.32. The maximum absolute atomic E-state index is 13.1. The minimum absolute atomic E-state index is 0.350. The molecule has 0 aliphatic carbocycles. The highest BCUT2D eigenvalue weighted by atomic mass is 79.9. The molecule has 0 amide bonds. The Kier molecular flexibility index (Phi) is 5.29. The summed E-state index contributed by atoms with van der Waals surface area (Å²) in [6.07, 6.45) is 0. The fraction of sp³-hybridized carbons (Fsp3) is 0.0769. The van der Waals surface area contributed by atoms with Crippen LogP contribution in [0.3, 0.4) is 0 Å². The van der Waals surface area contributed by atoms with E-state index < -0.39 is 0 Å². The van der Waals surface area contributed by atoms with Gasteiger partial charge in [0.2, 0.25) is 0 Å². The van der Waals surface area contributed by atoms with Crippen LogP contribution in [0, 0.1) is 5.82 Å². The molecule has 1 nitrogen and oxygen atoms in total. The molecule has 0 bridgehead atoms. The maximum Gasteiger partial charge on any atom is 0.125 e. The number of anilines is 1. The first kappa shape index (κ1) is 15.3. The van der Waals surface area contributed by atoms with Crippen LogP contribution in [-0.4, -0.2) is 0 Å². The summed E-state index contributed by atoms with van der Waals surface area (Å²) in [7, 11) is 0. The summed E-state index contributed by atoms with van der Waals surface area (Å²) in [6.45, 7) is 0.593. The number of halogens is 5. The minimum atomic E-state index is -0.367. The molecule has 0 heterocycles. The van der Waals surface area contributed by atoms with Gasteiger partial charge in [0.1, 0.15) is 5.82 Å². The third-order valence-electron chi connectivity index (χ3n) is 2.46. The molecule has 2 rings (SSSR count). The van der Waals surface area contributed by atoms with Gasteiger partial charge in [0.15, 0.2) is 0 Å². The third-order valence-corrected chi connectivity index (χ3v) is 5.26. The summed E-state index contributed by atoms with van der Waals surface area (Å²) >= 11 is 16.2. The molecular weight excluding hydrogens is 464 g/mol. The Balaban J connectivity index is 2.16. The molecule has 0 atom stereocenters. The largest absolute Gasteiger partial charge is 0.379 e. The lowest BCUT2D eigenvalue weighted by Gasteiger charge is -2.11. The quantitative estimate of drug-likeness (QED) is 0.547. The van der Waals surface area contributed by atoms with E-state index in [1.165, 1.54) is 12.1 Å². The molecule has 1 N–H and O–H groups in total. The second-order valence-corrected chi connectivity index (χ2v) is 6.82. The second-order valence-electron chi connectivity index (χ2n) is 3.85. The Morgan fingerprint density at radius 3 is 2.37 bits per heavy atom. The van der Waals surface area contributed by atoms with Crippen molar-refractivity contribution in [2.75, 3.05) is 5.32 Å². The number of hydrogen-bond donors (Lipinski definition) is 1. The van der Waals surface area contributed by atoms with Crippen molar-refractivity contribution in [1.29, 1.82) is 0 Å². The summed E-state index contributed by atoms with van der Waals surface area (Å²) in [5.74, 6) is -0.367. The van der Waals surface area contributed by atoms with E-state index in [0.717, 1.165) is 14.5 Å². The van der Waals surface area contributed by atoms with Crippen molar-refractivity contribution in [2.45, 2.75) is 6.54 Å². The van der Waals surface area contributed by atoms with Gasteiger partial charge in [-0.1, -0.05) is 17.7 Å². The van der Waals surface area contributed by atoms with Gasteiger partial charge in [0, 0.05) is 20.0 Å². The first-order valence-electron chi connectivity index (χ1n) is 5.29. The molecule has 0 aromatic heterocycles. The normalized spacial score (nSPS) is 10.6. The zero-order chi connectivity index (χ0) is 14.0. The monoisotopic (exact) mass is 469 g/mol. The first-order chi connectivity index (χ1) is 8.97. The second kappa shape index (κ2) is 6.57. The van der Waals surface area contributed by atoms with Crippen LogP contribution in [0.2, 0.25) is 5.02 Å². The van der Waals surface area contributed by atoms with Gasteiger partial charge in [-0.3, -0.25) is 0 Å². The Morgan fingerprint density at radius 1 is 1.00 bits per heavy atom. The zero-order valence-corrected chi connectivity index (χ0v) is 15.0. The van der Waals surface area contributed by atoms with Gasteiger partial charge in [-0.25, -0.2) is 4.39 Å². The maximum atomic E-state index is 13.1. The van der Waals surface area contributed by atoms with Crippen LogP contribution in [0.5, 0.6) is 0 Å². The Hall–Kier alpha value is -0.100. The molecule has 0 radical (unpaired) electrons. The molecule has 0 unspecified atom stereocenters. The molecular formula is C13H8Br3ClFN. The van der Waals surface area contributed by atoms with E-state index in [-0.39, 0.29) is 5.82 Å². The van der Waals surface area contributed by atoms with E-state index in [1.54, 1.807) is 0 Å². The van der Waals surface area contributed by atoms with Gasteiger partial charge in [0.05, 0.1) is 10.7 Å². The van der Waals surface area contributed by atoms with Gasteiger partial charge in [0.25, 0.3) is 0 Å². The van der Waals surface area contributed by atoms with E-state index in [0.29, 0.717) is 21.7 Å². The summed E-state index contributed by atoms with van der Waals surface area (Å²) in [6, 6.07) is 8.62. The van der Waals surface area contributed by atoms with E-state index >= 15 is 0 Å². The summed E-state index contributed by atoms with van der Waals surface area (Å²) in [5, 5.41) is 3.54. The first-order valence-corrected chi connectivity index (χ1v) is 8.05. The molecule has 100 valence electrons. The molecule has 2 aromatic rings. The van der Waals surface area contributed by atoms with Crippen molar-refractivity contribution in [2.24, 2.45) is 0 Å². The average molecular weight is 472 g/mol. The van der Waals surface area contributed by atoms with E-state index in [1.807, 2.05) is 18.2 Å². The van der Waals surface area contributed by atoms with Crippen molar-refractivity contribution >= 4 is 65.1 Å². The van der Waals surface area contributed by atoms with Crippen molar-refractivity contribution < 1.29 is 4.39 Å². The zero-order valence-electron chi connectivity index (χ0n) is 9.48. The van der Waals surface area contributed by atoms with Crippen LogP contribution in [-0.2, 0) is 6.54 Å². The summed E-state index contributed by atoms with van der Waals surface area (Å²) in [5.41, 5.74) is 1.77. The van der Waals surface area contributed by atoms with Crippen LogP contribution >= 0.6 is 59.4 Å². The fourth-order valence-corrected chi connectivity index (χ4v) is 3.18. The standard InChI is InChI=1S/C13H8Br3ClFN/c14-9-2-1-7(3-10(9)15)6-19-13-11(16)4-8(18)5-12(13)17/h1-5,19H,6H2. The molecule has 0 spiro atoms. The van der Waals surface area contributed by atoms with Crippen LogP contribution in [0.25, 0.3) is 0 Å². The van der Waals surface area contributed by atoms with Crippen LogP contribution < -0.4 is 5.32 Å². The number of nitrogens with one attached hydrogen (secondary N) is 1. The van der Waals surface area contributed by atoms with Crippen molar-refractivity contribution in [3.63, 3.8) is 0 Å². The molecule has 0 fully saturated rings. The summed E-state index contributed by atoms with van der Waals surface area (Å²) < 4.78 is 15.7. The topological polar surface area (TPSA) is 12.0 Å². The highest BCUT2D eigenvalue weighted by Crippen LogP contribution is 2.32. The van der Waals surface area contributed by atoms with Gasteiger partial charge >= 0.3 is 0 Å². The van der Waals surface area contributed by atoms with Gasteiger partial charge < -0.3 is 5.32 Å². The van der Waals surface area contributed by atoms with E-state index in [4.69, 9.17) is 11.6 Å². The Labute approximate surface area is 140 Å². The molecule has 6 heteroatoms.